The molecule has 0 aromatic rings. The summed E-state index contributed by atoms with van der Waals surface area (Å²) in [6.45, 7) is 6.99. The monoisotopic (exact) mass is 262 g/mol. The Morgan fingerprint density at radius 2 is 1.65 bits per heavy atom. The van der Waals surface area contributed by atoms with E-state index >= 15 is 0 Å². The molecular formula is C11H23N2O3P. The lowest BCUT2D eigenvalue weighted by molar-refractivity contribution is 0.139. The summed E-state index contributed by atoms with van der Waals surface area (Å²) >= 11 is 0. The molecule has 2 saturated heterocycles. The molecule has 0 aromatic heterocycles. The molecule has 0 aromatic carbocycles. The standard InChI is InChI=1S/C11H23N2O3P/c1-4-10-8-12(10)17(14,16-7-6-15-3)13-9-11(13)5-2/h10-11H,4-9H2,1-3H3/t10-,11+,12?,13?,17?. The van der Waals surface area contributed by atoms with E-state index < -0.39 is 7.67 Å². The number of ether oxygens (including phenoxy) is 1. The molecule has 2 rings (SSSR count). The van der Waals surface area contributed by atoms with Crippen LogP contribution in [-0.4, -0.2) is 54.8 Å². The van der Waals surface area contributed by atoms with Crippen LogP contribution >= 0.6 is 7.67 Å². The Balaban J connectivity index is 1.95. The lowest BCUT2D eigenvalue weighted by Crippen LogP contribution is -2.14. The third-order valence-electron chi connectivity index (χ3n) is 3.51. The van der Waals surface area contributed by atoms with E-state index in [0.29, 0.717) is 25.3 Å². The second-order valence-corrected chi connectivity index (χ2v) is 6.95. The largest absolute Gasteiger partial charge is 0.382 e. The minimum Gasteiger partial charge on any atom is -0.382 e. The predicted octanol–water partition coefficient (Wildman–Crippen LogP) is 1.95. The average Bonchev–Trinajstić information content (AvgIpc) is 3.20. The summed E-state index contributed by atoms with van der Waals surface area (Å²) in [7, 11) is -1.10. The van der Waals surface area contributed by atoms with Crippen molar-refractivity contribution in [2.24, 2.45) is 0 Å². The molecule has 0 aliphatic carbocycles. The Labute approximate surface area is 104 Å². The van der Waals surface area contributed by atoms with Gasteiger partial charge in [-0.1, -0.05) is 13.8 Å². The van der Waals surface area contributed by atoms with Gasteiger partial charge in [-0.15, -0.1) is 0 Å². The van der Waals surface area contributed by atoms with Gasteiger partial charge in [-0.3, -0.25) is 4.57 Å². The lowest BCUT2D eigenvalue weighted by atomic mass is 10.4. The lowest BCUT2D eigenvalue weighted by Gasteiger charge is -2.21. The summed E-state index contributed by atoms with van der Waals surface area (Å²) in [5.41, 5.74) is 0. The Hall–Kier alpha value is 0.0700. The molecule has 0 radical (unpaired) electrons. The quantitative estimate of drug-likeness (QED) is 0.380. The van der Waals surface area contributed by atoms with Crippen LogP contribution < -0.4 is 0 Å². The van der Waals surface area contributed by atoms with Crippen molar-refractivity contribution in [3.8, 4) is 0 Å². The van der Waals surface area contributed by atoms with E-state index in [0.717, 1.165) is 25.9 Å². The zero-order valence-corrected chi connectivity index (χ0v) is 11.9. The van der Waals surface area contributed by atoms with Gasteiger partial charge in [0.05, 0.1) is 13.2 Å². The Morgan fingerprint density at radius 1 is 1.12 bits per heavy atom. The fourth-order valence-corrected chi connectivity index (χ4v) is 5.02. The maximum Gasteiger partial charge on any atom is 0.346 e. The first-order valence-electron chi connectivity index (χ1n) is 6.45. The smallest absolute Gasteiger partial charge is 0.346 e. The molecule has 2 aliphatic rings. The van der Waals surface area contributed by atoms with Crippen LogP contribution in [0.3, 0.4) is 0 Å². The van der Waals surface area contributed by atoms with Crippen LogP contribution in [-0.2, 0) is 13.8 Å². The number of nitrogens with zero attached hydrogens (tertiary/aromatic N) is 2. The van der Waals surface area contributed by atoms with Gasteiger partial charge in [0.1, 0.15) is 0 Å². The summed E-state index contributed by atoms with van der Waals surface area (Å²) in [6, 6.07) is 0.892. The van der Waals surface area contributed by atoms with Crippen LogP contribution in [0.25, 0.3) is 0 Å². The fraction of sp³-hybridized carbons (Fsp3) is 1.00. The van der Waals surface area contributed by atoms with Crippen LogP contribution in [0, 0.1) is 0 Å². The van der Waals surface area contributed by atoms with Crippen molar-refractivity contribution in [3.63, 3.8) is 0 Å². The van der Waals surface area contributed by atoms with E-state index in [9.17, 15) is 4.57 Å². The first-order valence-corrected chi connectivity index (χ1v) is 7.98. The molecule has 17 heavy (non-hydrogen) atoms. The molecule has 6 heteroatoms. The summed E-state index contributed by atoms with van der Waals surface area (Å²) in [5, 5.41) is 0. The van der Waals surface area contributed by atoms with E-state index in [1.54, 1.807) is 7.11 Å². The highest BCUT2D eigenvalue weighted by Gasteiger charge is 2.57. The molecular weight excluding hydrogens is 239 g/mol. The molecule has 3 unspecified atom stereocenters. The molecule has 5 atom stereocenters. The first kappa shape index (κ1) is 13.5. The summed E-state index contributed by atoms with van der Waals surface area (Å²) in [6.07, 6.45) is 2.09. The number of hydrogen-bond acceptors (Lipinski definition) is 3. The van der Waals surface area contributed by atoms with Gasteiger partial charge in [0.25, 0.3) is 0 Å². The van der Waals surface area contributed by atoms with Gasteiger partial charge in [0.15, 0.2) is 0 Å². The first-order chi connectivity index (χ1) is 8.17. The van der Waals surface area contributed by atoms with Crippen molar-refractivity contribution in [1.82, 2.24) is 9.34 Å². The predicted molar refractivity (Wildman–Crippen MR) is 67.0 cm³/mol. The molecule has 0 saturated carbocycles. The second-order valence-electron chi connectivity index (χ2n) is 4.68. The molecule has 0 amide bonds. The fourth-order valence-electron chi connectivity index (χ4n) is 2.17. The topological polar surface area (TPSA) is 41.5 Å². The van der Waals surface area contributed by atoms with Gasteiger partial charge in [-0.25, -0.2) is 9.34 Å². The minimum absolute atomic E-state index is 0.410. The third kappa shape index (κ3) is 2.74. The van der Waals surface area contributed by atoms with Crippen molar-refractivity contribution >= 4 is 7.67 Å². The Morgan fingerprint density at radius 3 is 2.00 bits per heavy atom. The van der Waals surface area contributed by atoms with Gasteiger partial charge in [0.2, 0.25) is 0 Å². The summed E-state index contributed by atoms with van der Waals surface area (Å²) < 4.78 is 27.6. The molecule has 5 nitrogen and oxygen atoms in total. The molecule has 0 spiro atoms. The van der Waals surface area contributed by atoms with Gasteiger partial charge in [-0.2, -0.15) is 0 Å². The molecule has 100 valence electrons. The minimum atomic E-state index is -2.73. The van der Waals surface area contributed by atoms with Crippen LogP contribution in [0.1, 0.15) is 26.7 Å². The van der Waals surface area contributed by atoms with E-state index in [-0.39, 0.29) is 0 Å². The van der Waals surface area contributed by atoms with Crippen LogP contribution in [0.15, 0.2) is 0 Å². The van der Waals surface area contributed by atoms with Crippen LogP contribution in [0.2, 0.25) is 0 Å². The highest BCUT2D eigenvalue weighted by Crippen LogP contribution is 2.65. The van der Waals surface area contributed by atoms with Gasteiger partial charge >= 0.3 is 7.67 Å². The van der Waals surface area contributed by atoms with Crippen molar-refractivity contribution in [2.75, 3.05) is 33.4 Å². The maximum absolute atomic E-state index is 12.9. The summed E-state index contributed by atoms with van der Waals surface area (Å²) in [5.74, 6) is 0. The number of rotatable bonds is 8. The Bertz CT molecular complexity index is 291. The third-order valence-corrected chi connectivity index (χ3v) is 6.31. The zero-order chi connectivity index (χ0) is 12.5. The zero-order valence-electron chi connectivity index (χ0n) is 11.0. The number of hydrogen-bond donors (Lipinski definition) is 0. The van der Waals surface area contributed by atoms with E-state index in [2.05, 4.69) is 13.8 Å². The highest BCUT2D eigenvalue weighted by atomic mass is 31.2. The van der Waals surface area contributed by atoms with Gasteiger partial charge in [-0.05, 0) is 12.8 Å². The van der Waals surface area contributed by atoms with E-state index in [1.165, 1.54) is 0 Å². The van der Waals surface area contributed by atoms with Crippen LogP contribution in [0.5, 0.6) is 0 Å². The SMILES string of the molecule is CC[C@@H]1CN1P(=O)(OCCOC)N1C[C@@H]1CC. The van der Waals surface area contributed by atoms with Crippen molar-refractivity contribution in [2.45, 2.75) is 38.8 Å². The van der Waals surface area contributed by atoms with Crippen molar-refractivity contribution in [3.05, 3.63) is 0 Å². The van der Waals surface area contributed by atoms with E-state index in [4.69, 9.17) is 9.26 Å². The molecule has 2 heterocycles. The molecule has 0 N–H and O–H groups in total. The molecule has 2 fully saturated rings. The molecule has 0 bridgehead atoms. The van der Waals surface area contributed by atoms with Gasteiger partial charge in [0, 0.05) is 32.3 Å². The maximum atomic E-state index is 12.9. The van der Waals surface area contributed by atoms with Crippen molar-refractivity contribution in [1.29, 1.82) is 0 Å². The number of methoxy groups -OCH3 is 1. The highest BCUT2D eigenvalue weighted by molar-refractivity contribution is 7.54. The summed E-state index contributed by atoms with van der Waals surface area (Å²) in [4.78, 5) is 0. The second kappa shape index (κ2) is 5.37. The van der Waals surface area contributed by atoms with Gasteiger partial charge < -0.3 is 9.26 Å². The van der Waals surface area contributed by atoms with E-state index in [1.807, 2.05) is 9.34 Å². The average molecular weight is 262 g/mol. The Kier molecular flexibility index (Phi) is 4.26. The molecule has 2 aliphatic heterocycles. The van der Waals surface area contributed by atoms with Crippen molar-refractivity contribution < 1.29 is 13.8 Å². The van der Waals surface area contributed by atoms with Crippen LogP contribution in [0.4, 0.5) is 0 Å². The normalized spacial score (nSPS) is 38.8.